The summed E-state index contributed by atoms with van der Waals surface area (Å²) in [6.45, 7) is 3.84. The number of halogens is 1. The zero-order valence-electron chi connectivity index (χ0n) is 10.6. The molecule has 0 atom stereocenters. The first-order valence-corrected chi connectivity index (χ1v) is 6.53. The van der Waals surface area contributed by atoms with Crippen molar-refractivity contribution in [2.75, 3.05) is 5.32 Å². The van der Waals surface area contributed by atoms with E-state index in [1.807, 2.05) is 26.0 Å². The van der Waals surface area contributed by atoms with Gasteiger partial charge in [0, 0.05) is 28.0 Å². The standard InChI is InChI=1S/C14H13BrN2O2/c1-8-5-11(15)6-9(2)13(8)17-14(19)10-3-4-16-12(18)7-10/h3-7H,1-2H3,(H,16,18)(H,17,19). The second-order valence-electron chi connectivity index (χ2n) is 4.31. The number of rotatable bonds is 2. The number of carbonyl (C=O) groups excluding carboxylic acids is 1. The number of aromatic amines is 1. The third-order valence-electron chi connectivity index (χ3n) is 2.77. The van der Waals surface area contributed by atoms with Crippen molar-refractivity contribution in [3.05, 3.63) is 62.0 Å². The highest BCUT2D eigenvalue weighted by atomic mass is 79.9. The molecule has 19 heavy (non-hydrogen) atoms. The van der Waals surface area contributed by atoms with E-state index in [-0.39, 0.29) is 11.5 Å². The summed E-state index contributed by atoms with van der Waals surface area (Å²) in [4.78, 5) is 25.7. The average molecular weight is 321 g/mol. The zero-order valence-corrected chi connectivity index (χ0v) is 12.2. The summed E-state index contributed by atoms with van der Waals surface area (Å²) in [7, 11) is 0. The van der Waals surface area contributed by atoms with Crippen LogP contribution in [-0.4, -0.2) is 10.9 Å². The van der Waals surface area contributed by atoms with Crippen molar-refractivity contribution in [1.82, 2.24) is 4.98 Å². The number of anilines is 1. The lowest BCUT2D eigenvalue weighted by Crippen LogP contribution is -2.16. The van der Waals surface area contributed by atoms with Crippen LogP contribution in [0, 0.1) is 13.8 Å². The van der Waals surface area contributed by atoms with Crippen molar-refractivity contribution in [3.8, 4) is 0 Å². The Kier molecular flexibility index (Phi) is 3.85. The molecule has 0 aliphatic carbocycles. The summed E-state index contributed by atoms with van der Waals surface area (Å²) in [5, 5.41) is 2.84. The summed E-state index contributed by atoms with van der Waals surface area (Å²) >= 11 is 3.41. The van der Waals surface area contributed by atoms with E-state index in [4.69, 9.17) is 0 Å². The Hall–Kier alpha value is -1.88. The first-order chi connectivity index (χ1) is 8.97. The highest BCUT2D eigenvalue weighted by Crippen LogP contribution is 2.25. The van der Waals surface area contributed by atoms with Crippen LogP contribution in [-0.2, 0) is 0 Å². The lowest BCUT2D eigenvalue weighted by atomic mass is 10.1. The topological polar surface area (TPSA) is 62.0 Å². The van der Waals surface area contributed by atoms with Crippen LogP contribution in [0.3, 0.4) is 0 Å². The molecule has 0 aliphatic rings. The van der Waals surface area contributed by atoms with Crippen LogP contribution in [0.15, 0.2) is 39.7 Å². The van der Waals surface area contributed by atoms with Gasteiger partial charge in [0.1, 0.15) is 0 Å². The molecule has 0 fully saturated rings. The second-order valence-corrected chi connectivity index (χ2v) is 5.23. The quantitative estimate of drug-likeness (QED) is 0.893. The lowest BCUT2D eigenvalue weighted by molar-refractivity contribution is 0.102. The van der Waals surface area contributed by atoms with Crippen LogP contribution in [0.25, 0.3) is 0 Å². The SMILES string of the molecule is Cc1cc(Br)cc(C)c1NC(=O)c1cc[nH]c(=O)c1. The molecule has 0 aliphatic heterocycles. The Balaban J connectivity index is 2.32. The Morgan fingerprint density at radius 1 is 1.21 bits per heavy atom. The Bertz CT molecular complexity index is 669. The maximum Gasteiger partial charge on any atom is 0.255 e. The van der Waals surface area contributed by atoms with Crippen LogP contribution in [0.4, 0.5) is 5.69 Å². The van der Waals surface area contributed by atoms with Gasteiger partial charge in [0.2, 0.25) is 5.56 Å². The minimum absolute atomic E-state index is 0.292. The van der Waals surface area contributed by atoms with Gasteiger partial charge in [-0.15, -0.1) is 0 Å². The summed E-state index contributed by atoms with van der Waals surface area (Å²) in [5.74, 6) is -0.292. The van der Waals surface area contributed by atoms with Crippen molar-refractivity contribution in [2.45, 2.75) is 13.8 Å². The molecule has 1 amide bonds. The molecule has 2 aromatic rings. The number of H-pyrrole nitrogens is 1. The number of benzene rings is 1. The van der Waals surface area contributed by atoms with E-state index in [2.05, 4.69) is 26.2 Å². The van der Waals surface area contributed by atoms with Gasteiger partial charge in [-0.05, 0) is 43.2 Å². The molecule has 0 unspecified atom stereocenters. The minimum Gasteiger partial charge on any atom is -0.329 e. The molecule has 0 radical (unpaired) electrons. The van der Waals surface area contributed by atoms with Crippen molar-refractivity contribution in [1.29, 1.82) is 0 Å². The van der Waals surface area contributed by atoms with Gasteiger partial charge in [-0.2, -0.15) is 0 Å². The molecule has 1 aromatic carbocycles. The molecule has 0 saturated heterocycles. The highest BCUT2D eigenvalue weighted by molar-refractivity contribution is 9.10. The van der Waals surface area contributed by atoms with Gasteiger partial charge in [0.25, 0.3) is 5.91 Å². The molecule has 0 bridgehead atoms. The van der Waals surface area contributed by atoms with E-state index in [0.29, 0.717) is 5.56 Å². The van der Waals surface area contributed by atoms with Gasteiger partial charge >= 0.3 is 0 Å². The monoisotopic (exact) mass is 320 g/mol. The molecule has 1 heterocycles. The number of hydrogen-bond acceptors (Lipinski definition) is 2. The third kappa shape index (κ3) is 3.12. The summed E-state index contributed by atoms with van der Waals surface area (Å²) in [6.07, 6.45) is 1.46. The number of hydrogen-bond donors (Lipinski definition) is 2. The molecule has 5 heteroatoms. The molecule has 0 saturated carbocycles. The first kappa shape index (κ1) is 13.5. The van der Waals surface area contributed by atoms with E-state index >= 15 is 0 Å². The molecule has 2 rings (SSSR count). The summed E-state index contributed by atoms with van der Waals surface area (Å²) < 4.78 is 0.969. The van der Waals surface area contributed by atoms with Gasteiger partial charge < -0.3 is 10.3 Å². The van der Waals surface area contributed by atoms with Crippen molar-refractivity contribution in [2.24, 2.45) is 0 Å². The van der Waals surface area contributed by atoms with E-state index < -0.39 is 0 Å². The van der Waals surface area contributed by atoms with Gasteiger partial charge in [-0.25, -0.2) is 0 Å². The van der Waals surface area contributed by atoms with E-state index in [1.54, 1.807) is 6.07 Å². The number of pyridine rings is 1. The normalized spacial score (nSPS) is 10.3. The number of aryl methyl sites for hydroxylation is 2. The maximum absolute atomic E-state index is 12.1. The van der Waals surface area contributed by atoms with Crippen LogP contribution < -0.4 is 10.9 Å². The van der Waals surface area contributed by atoms with Crippen LogP contribution in [0.1, 0.15) is 21.5 Å². The Labute approximate surface area is 119 Å². The smallest absolute Gasteiger partial charge is 0.255 e. The predicted molar refractivity (Wildman–Crippen MR) is 78.6 cm³/mol. The van der Waals surface area contributed by atoms with Crippen LogP contribution >= 0.6 is 15.9 Å². The van der Waals surface area contributed by atoms with Crippen molar-refractivity contribution < 1.29 is 4.79 Å². The largest absolute Gasteiger partial charge is 0.329 e. The number of aromatic nitrogens is 1. The molecule has 98 valence electrons. The van der Waals surface area contributed by atoms with Crippen molar-refractivity contribution in [3.63, 3.8) is 0 Å². The van der Waals surface area contributed by atoms with Gasteiger partial charge in [-0.3, -0.25) is 9.59 Å². The predicted octanol–water partition coefficient (Wildman–Crippen LogP) is 3.01. The minimum atomic E-state index is -0.295. The molecule has 0 spiro atoms. The second kappa shape index (κ2) is 5.40. The van der Waals surface area contributed by atoms with Crippen molar-refractivity contribution >= 4 is 27.5 Å². The number of amides is 1. The third-order valence-corrected chi connectivity index (χ3v) is 3.23. The fourth-order valence-electron chi connectivity index (χ4n) is 1.88. The highest BCUT2D eigenvalue weighted by Gasteiger charge is 2.10. The maximum atomic E-state index is 12.1. The molecule has 1 aromatic heterocycles. The first-order valence-electron chi connectivity index (χ1n) is 5.74. The summed E-state index contributed by atoms with van der Waals surface area (Å²) in [5.41, 5.74) is 2.74. The summed E-state index contributed by atoms with van der Waals surface area (Å²) in [6, 6.07) is 6.71. The molecule has 4 nitrogen and oxygen atoms in total. The van der Waals surface area contributed by atoms with E-state index in [9.17, 15) is 9.59 Å². The number of carbonyl (C=O) groups is 1. The fourth-order valence-corrected chi connectivity index (χ4v) is 2.57. The molecular formula is C14H13BrN2O2. The van der Waals surface area contributed by atoms with Gasteiger partial charge in [-0.1, -0.05) is 15.9 Å². The van der Waals surface area contributed by atoms with Gasteiger partial charge in [0.15, 0.2) is 0 Å². The molecular weight excluding hydrogens is 308 g/mol. The molecule has 2 N–H and O–H groups in total. The average Bonchev–Trinajstić information content (AvgIpc) is 2.33. The zero-order chi connectivity index (χ0) is 14.0. The van der Waals surface area contributed by atoms with Crippen LogP contribution in [0.2, 0.25) is 0 Å². The van der Waals surface area contributed by atoms with E-state index in [0.717, 1.165) is 21.3 Å². The van der Waals surface area contributed by atoms with Crippen LogP contribution in [0.5, 0.6) is 0 Å². The number of nitrogens with one attached hydrogen (secondary N) is 2. The lowest BCUT2D eigenvalue weighted by Gasteiger charge is -2.12. The fraction of sp³-hybridized carbons (Fsp3) is 0.143. The van der Waals surface area contributed by atoms with Gasteiger partial charge in [0.05, 0.1) is 0 Å². The van der Waals surface area contributed by atoms with E-state index in [1.165, 1.54) is 12.3 Å². The Morgan fingerprint density at radius 2 is 1.84 bits per heavy atom. The Morgan fingerprint density at radius 3 is 2.42 bits per heavy atom.